The van der Waals surface area contributed by atoms with E-state index in [4.69, 9.17) is 0 Å². The molecule has 15 heavy (non-hydrogen) atoms. The van der Waals surface area contributed by atoms with E-state index < -0.39 is 9.84 Å². The van der Waals surface area contributed by atoms with Gasteiger partial charge in [0.05, 0.1) is 5.75 Å². The average Bonchev–Trinajstić information content (AvgIpc) is 2.07. The zero-order valence-corrected chi connectivity index (χ0v) is 11.3. The standard InChI is InChI=1S/C10H21NO2S2/c1-11(6-7-15(2,12)13)8-10(9-14)4-3-5-10/h14H,3-9H2,1-2H3. The van der Waals surface area contributed by atoms with Crippen LogP contribution in [-0.2, 0) is 9.84 Å². The molecule has 0 aromatic heterocycles. The molecule has 1 aliphatic carbocycles. The Hall–Kier alpha value is 0.260. The van der Waals surface area contributed by atoms with E-state index in [9.17, 15) is 8.42 Å². The van der Waals surface area contributed by atoms with Gasteiger partial charge in [0.25, 0.3) is 0 Å². The van der Waals surface area contributed by atoms with Gasteiger partial charge in [0.1, 0.15) is 9.84 Å². The van der Waals surface area contributed by atoms with Crippen LogP contribution in [0.25, 0.3) is 0 Å². The fraction of sp³-hybridized carbons (Fsp3) is 1.00. The van der Waals surface area contributed by atoms with Gasteiger partial charge in [-0.3, -0.25) is 0 Å². The Bertz CT molecular complexity index is 291. The third-order valence-corrected chi connectivity index (χ3v) is 4.79. The molecule has 0 atom stereocenters. The Morgan fingerprint density at radius 2 is 2.00 bits per heavy atom. The van der Waals surface area contributed by atoms with Crippen molar-refractivity contribution in [3.63, 3.8) is 0 Å². The summed E-state index contributed by atoms with van der Waals surface area (Å²) in [5.41, 5.74) is 0.357. The van der Waals surface area contributed by atoms with Crippen molar-refractivity contribution in [1.29, 1.82) is 0 Å². The Morgan fingerprint density at radius 1 is 1.40 bits per heavy atom. The summed E-state index contributed by atoms with van der Waals surface area (Å²) in [6.07, 6.45) is 5.05. The van der Waals surface area contributed by atoms with Crippen LogP contribution in [0.1, 0.15) is 19.3 Å². The minimum atomic E-state index is -2.83. The van der Waals surface area contributed by atoms with Crippen molar-refractivity contribution >= 4 is 22.5 Å². The number of hydrogen-bond donors (Lipinski definition) is 1. The van der Waals surface area contributed by atoms with E-state index in [1.54, 1.807) is 0 Å². The van der Waals surface area contributed by atoms with Crippen LogP contribution in [0.3, 0.4) is 0 Å². The monoisotopic (exact) mass is 251 g/mol. The number of hydrogen-bond acceptors (Lipinski definition) is 4. The van der Waals surface area contributed by atoms with Gasteiger partial charge < -0.3 is 4.90 Å². The summed E-state index contributed by atoms with van der Waals surface area (Å²) >= 11 is 4.39. The summed E-state index contributed by atoms with van der Waals surface area (Å²) in [4.78, 5) is 2.12. The maximum absolute atomic E-state index is 11.0. The minimum absolute atomic E-state index is 0.256. The first kappa shape index (κ1) is 13.3. The molecule has 0 saturated heterocycles. The van der Waals surface area contributed by atoms with Crippen molar-refractivity contribution in [3.8, 4) is 0 Å². The lowest BCUT2D eigenvalue weighted by Crippen LogP contribution is -2.43. The van der Waals surface area contributed by atoms with Crippen LogP contribution in [0, 0.1) is 5.41 Å². The highest BCUT2D eigenvalue weighted by molar-refractivity contribution is 7.90. The zero-order chi connectivity index (χ0) is 11.5. The van der Waals surface area contributed by atoms with Crippen LogP contribution in [0.4, 0.5) is 0 Å². The number of sulfone groups is 1. The molecule has 1 rings (SSSR count). The van der Waals surface area contributed by atoms with Crippen LogP contribution in [0.5, 0.6) is 0 Å². The number of rotatable bonds is 6. The second kappa shape index (κ2) is 5.06. The fourth-order valence-electron chi connectivity index (χ4n) is 2.02. The summed E-state index contributed by atoms with van der Waals surface area (Å²) in [5, 5.41) is 0. The van der Waals surface area contributed by atoms with Crippen LogP contribution in [0.15, 0.2) is 0 Å². The van der Waals surface area contributed by atoms with E-state index in [1.165, 1.54) is 25.5 Å². The molecule has 1 aliphatic rings. The van der Waals surface area contributed by atoms with Gasteiger partial charge in [0.2, 0.25) is 0 Å². The highest BCUT2D eigenvalue weighted by atomic mass is 32.2. The summed E-state index contributed by atoms with van der Waals surface area (Å²) < 4.78 is 22.0. The van der Waals surface area contributed by atoms with Gasteiger partial charge in [-0.2, -0.15) is 12.6 Å². The van der Waals surface area contributed by atoms with Crippen molar-refractivity contribution in [2.75, 3.05) is 37.9 Å². The van der Waals surface area contributed by atoms with Gasteiger partial charge >= 0.3 is 0 Å². The SMILES string of the molecule is CN(CCS(C)(=O)=O)CC1(CS)CCC1. The predicted octanol–water partition coefficient (Wildman–Crippen LogP) is 1.06. The maximum Gasteiger partial charge on any atom is 0.148 e. The van der Waals surface area contributed by atoms with Crippen molar-refractivity contribution in [1.82, 2.24) is 4.90 Å². The molecule has 0 heterocycles. The van der Waals surface area contributed by atoms with Gasteiger partial charge in [-0.25, -0.2) is 8.42 Å². The quantitative estimate of drug-likeness (QED) is 0.717. The molecular weight excluding hydrogens is 230 g/mol. The van der Waals surface area contributed by atoms with Crippen molar-refractivity contribution in [2.45, 2.75) is 19.3 Å². The summed E-state index contributed by atoms with van der Waals surface area (Å²) in [6, 6.07) is 0. The molecule has 3 nitrogen and oxygen atoms in total. The Kier molecular flexibility index (Phi) is 4.50. The molecule has 90 valence electrons. The van der Waals surface area contributed by atoms with Gasteiger partial charge in [-0.1, -0.05) is 6.42 Å². The molecule has 0 spiro atoms. The number of thiol groups is 1. The molecule has 0 amide bonds. The van der Waals surface area contributed by atoms with Crippen LogP contribution >= 0.6 is 12.6 Å². The lowest BCUT2D eigenvalue weighted by Gasteiger charge is -2.43. The van der Waals surface area contributed by atoms with E-state index in [0.29, 0.717) is 12.0 Å². The molecule has 1 fully saturated rings. The molecule has 0 bridgehead atoms. The highest BCUT2D eigenvalue weighted by Gasteiger charge is 2.36. The molecular formula is C10H21NO2S2. The Labute approximate surface area is 98.6 Å². The average molecular weight is 251 g/mol. The fourth-order valence-corrected chi connectivity index (χ4v) is 3.08. The van der Waals surface area contributed by atoms with E-state index in [0.717, 1.165) is 12.3 Å². The highest BCUT2D eigenvalue weighted by Crippen LogP contribution is 2.42. The first-order chi connectivity index (χ1) is 6.87. The molecule has 1 saturated carbocycles. The third-order valence-electron chi connectivity index (χ3n) is 3.20. The molecule has 5 heteroatoms. The van der Waals surface area contributed by atoms with Gasteiger partial charge in [-0.15, -0.1) is 0 Å². The van der Waals surface area contributed by atoms with Crippen LogP contribution in [-0.4, -0.2) is 51.2 Å². The van der Waals surface area contributed by atoms with Crippen molar-refractivity contribution in [3.05, 3.63) is 0 Å². The van der Waals surface area contributed by atoms with Crippen molar-refractivity contribution in [2.24, 2.45) is 5.41 Å². The summed E-state index contributed by atoms with van der Waals surface area (Å²) in [5.74, 6) is 1.17. The normalized spacial score (nSPS) is 20.3. The van der Waals surface area contributed by atoms with Gasteiger partial charge in [0.15, 0.2) is 0 Å². The third kappa shape index (κ3) is 4.33. The van der Waals surface area contributed by atoms with Crippen LogP contribution < -0.4 is 0 Å². The first-order valence-electron chi connectivity index (χ1n) is 5.34. The smallest absolute Gasteiger partial charge is 0.148 e. The zero-order valence-electron chi connectivity index (χ0n) is 9.57. The summed E-state index contributed by atoms with van der Waals surface area (Å²) in [7, 11) is -0.836. The Balaban J connectivity index is 2.32. The predicted molar refractivity (Wildman–Crippen MR) is 67.3 cm³/mol. The second-order valence-corrected chi connectivity index (χ2v) is 7.46. The topological polar surface area (TPSA) is 37.4 Å². The molecule has 0 N–H and O–H groups in total. The first-order valence-corrected chi connectivity index (χ1v) is 8.03. The second-order valence-electron chi connectivity index (χ2n) is 4.88. The molecule has 0 radical (unpaired) electrons. The van der Waals surface area contributed by atoms with E-state index >= 15 is 0 Å². The number of nitrogens with zero attached hydrogens (tertiary/aromatic N) is 1. The maximum atomic E-state index is 11.0. The largest absolute Gasteiger partial charge is 0.305 e. The molecule has 0 aromatic carbocycles. The van der Waals surface area contributed by atoms with Gasteiger partial charge in [-0.05, 0) is 31.1 Å². The van der Waals surface area contributed by atoms with E-state index in [1.807, 2.05) is 7.05 Å². The lowest BCUT2D eigenvalue weighted by atomic mass is 9.70. The molecule has 0 aliphatic heterocycles. The lowest BCUT2D eigenvalue weighted by molar-refractivity contribution is 0.108. The van der Waals surface area contributed by atoms with Crippen LogP contribution in [0.2, 0.25) is 0 Å². The summed E-state index contributed by atoms with van der Waals surface area (Å²) in [6.45, 7) is 1.61. The minimum Gasteiger partial charge on any atom is -0.305 e. The van der Waals surface area contributed by atoms with E-state index in [-0.39, 0.29) is 5.75 Å². The van der Waals surface area contributed by atoms with Crippen molar-refractivity contribution < 1.29 is 8.42 Å². The van der Waals surface area contributed by atoms with E-state index in [2.05, 4.69) is 17.5 Å². The molecule has 0 aromatic rings. The Morgan fingerprint density at radius 3 is 2.33 bits per heavy atom. The van der Waals surface area contributed by atoms with Gasteiger partial charge in [0, 0.05) is 19.3 Å². The molecule has 0 unspecified atom stereocenters.